The highest BCUT2D eigenvalue weighted by Crippen LogP contribution is 2.26. The normalized spacial score (nSPS) is 10.5. The zero-order valence-electron chi connectivity index (χ0n) is 9.52. The number of hydrogen-bond donors (Lipinski definition) is 2. The molecule has 5 heteroatoms. The number of aryl methyl sites for hydroxylation is 1. The van der Waals surface area contributed by atoms with Crippen LogP contribution in [0.4, 0.5) is 5.69 Å². The first-order chi connectivity index (χ1) is 8.19. The third kappa shape index (κ3) is 2.91. The lowest BCUT2D eigenvalue weighted by Crippen LogP contribution is -1.98. The second-order valence-electron chi connectivity index (χ2n) is 3.72. The van der Waals surface area contributed by atoms with Crippen molar-refractivity contribution in [3.8, 4) is 5.75 Å². The monoisotopic (exact) mass is 251 g/mol. The van der Waals surface area contributed by atoms with Crippen molar-refractivity contribution >= 4 is 17.3 Å². The van der Waals surface area contributed by atoms with Gasteiger partial charge < -0.3 is 10.4 Å². The summed E-state index contributed by atoms with van der Waals surface area (Å²) in [5.41, 5.74) is 1.98. The van der Waals surface area contributed by atoms with E-state index in [1.54, 1.807) is 18.2 Å². The fourth-order valence-electron chi connectivity index (χ4n) is 1.49. The van der Waals surface area contributed by atoms with Gasteiger partial charge in [0.2, 0.25) is 0 Å². The molecule has 0 unspecified atom stereocenters. The van der Waals surface area contributed by atoms with E-state index in [9.17, 15) is 5.11 Å². The Balaban J connectivity index is 1.99. The van der Waals surface area contributed by atoms with Gasteiger partial charge in [0.05, 0.1) is 11.2 Å². The third-order valence-corrected chi connectivity index (χ3v) is 2.76. The molecule has 0 radical (unpaired) electrons. The predicted octanol–water partition coefficient (Wildman–Crippen LogP) is 2.87. The average Bonchev–Trinajstić information content (AvgIpc) is 2.79. The molecule has 17 heavy (non-hydrogen) atoms. The lowest BCUT2D eigenvalue weighted by atomic mass is 10.3. The molecule has 0 bridgehead atoms. The van der Waals surface area contributed by atoms with Crippen LogP contribution in [-0.4, -0.2) is 14.9 Å². The topological polar surface area (TPSA) is 50.1 Å². The van der Waals surface area contributed by atoms with Crippen LogP contribution in [0, 0.1) is 0 Å². The number of aromatic nitrogens is 2. The van der Waals surface area contributed by atoms with E-state index in [1.807, 2.05) is 24.0 Å². The maximum Gasteiger partial charge on any atom is 0.134 e. The molecule has 0 fully saturated rings. The Morgan fingerprint density at radius 1 is 1.47 bits per heavy atom. The molecule has 0 atom stereocenters. The number of anilines is 1. The van der Waals surface area contributed by atoms with Gasteiger partial charge in [-0.2, -0.15) is 5.10 Å². The van der Waals surface area contributed by atoms with Gasteiger partial charge in [-0.05, 0) is 25.1 Å². The Bertz CT molecular complexity index is 510. The molecule has 1 aromatic heterocycles. The SMILES string of the molecule is CCn1cc(CNc2ccc(O)c(Cl)c2)cn1. The van der Waals surface area contributed by atoms with Crippen LogP contribution in [0.1, 0.15) is 12.5 Å². The van der Waals surface area contributed by atoms with Crippen molar-refractivity contribution in [1.82, 2.24) is 9.78 Å². The summed E-state index contributed by atoms with van der Waals surface area (Å²) in [7, 11) is 0. The van der Waals surface area contributed by atoms with Crippen LogP contribution < -0.4 is 5.32 Å². The van der Waals surface area contributed by atoms with Gasteiger partial charge in [-0.3, -0.25) is 4.68 Å². The van der Waals surface area contributed by atoms with E-state index < -0.39 is 0 Å². The summed E-state index contributed by atoms with van der Waals surface area (Å²) < 4.78 is 1.88. The molecular weight excluding hydrogens is 238 g/mol. The lowest BCUT2D eigenvalue weighted by Gasteiger charge is -2.05. The van der Waals surface area contributed by atoms with Gasteiger partial charge in [0.15, 0.2) is 0 Å². The molecule has 90 valence electrons. The van der Waals surface area contributed by atoms with E-state index in [0.717, 1.165) is 17.8 Å². The quantitative estimate of drug-likeness (QED) is 0.822. The summed E-state index contributed by atoms with van der Waals surface area (Å²) in [6.07, 6.45) is 3.83. The van der Waals surface area contributed by atoms with Crippen LogP contribution in [0.25, 0.3) is 0 Å². The summed E-state index contributed by atoms with van der Waals surface area (Å²) in [5.74, 6) is 0.0935. The first kappa shape index (κ1) is 11.8. The van der Waals surface area contributed by atoms with Crippen LogP contribution in [0.3, 0.4) is 0 Å². The Morgan fingerprint density at radius 2 is 2.29 bits per heavy atom. The summed E-state index contributed by atoms with van der Waals surface area (Å²) in [6.45, 7) is 3.59. The molecule has 0 aliphatic heterocycles. The Morgan fingerprint density at radius 3 is 2.94 bits per heavy atom. The third-order valence-electron chi connectivity index (χ3n) is 2.46. The van der Waals surface area contributed by atoms with Crippen molar-refractivity contribution in [3.05, 3.63) is 41.2 Å². The van der Waals surface area contributed by atoms with E-state index in [2.05, 4.69) is 10.4 Å². The molecule has 2 rings (SSSR count). The van der Waals surface area contributed by atoms with E-state index in [1.165, 1.54) is 0 Å². The van der Waals surface area contributed by atoms with Crippen molar-refractivity contribution in [1.29, 1.82) is 0 Å². The largest absolute Gasteiger partial charge is 0.506 e. The van der Waals surface area contributed by atoms with Gasteiger partial charge in [-0.15, -0.1) is 0 Å². The first-order valence-electron chi connectivity index (χ1n) is 5.42. The van der Waals surface area contributed by atoms with E-state index >= 15 is 0 Å². The highest BCUT2D eigenvalue weighted by molar-refractivity contribution is 6.32. The number of phenols is 1. The van der Waals surface area contributed by atoms with Crippen molar-refractivity contribution < 1.29 is 5.11 Å². The molecule has 2 N–H and O–H groups in total. The molecule has 2 aromatic rings. The fourth-order valence-corrected chi connectivity index (χ4v) is 1.67. The van der Waals surface area contributed by atoms with Gasteiger partial charge in [-0.25, -0.2) is 0 Å². The number of nitrogens with zero attached hydrogens (tertiary/aromatic N) is 2. The molecule has 1 heterocycles. The van der Waals surface area contributed by atoms with Crippen molar-refractivity contribution in [3.63, 3.8) is 0 Å². The lowest BCUT2D eigenvalue weighted by molar-refractivity contribution is 0.475. The summed E-state index contributed by atoms with van der Waals surface area (Å²) in [4.78, 5) is 0. The average molecular weight is 252 g/mol. The predicted molar refractivity (Wildman–Crippen MR) is 68.3 cm³/mol. The molecule has 0 saturated heterocycles. The highest BCUT2D eigenvalue weighted by atomic mass is 35.5. The first-order valence-corrected chi connectivity index (χ1v) is 5.80. The minimum atomic E-state index is 0.0935. The van der Waals surface area contributed by atoms with Gasteiger partial charge >= 0.3 is 0 Å². The number of rotatable bonds is 4. The number of hydrogen-bond acceptors (Lipinski definition) is 3. The maximum atomic E-state index is 9.29. The molecule has 4 nitrogen and oxygen atoms in total. The van der Waals surface area contributed by atoms with E-state index in [4.69, 9.17) is 11.6 Å². The number of phenolic OH excluding ortho intramolecular Hbond substituents is 1. The molecule has 0 aliphatic carbocycles. The molecule has 1 aromatic carbocycles. The van der Waals surface area contributed by atoms with Crippen LogP contribution in [0.15, 0.2) is 30.6 Å². The van der Waals surface area contributed by atoms with Gasteiger partial charge in [-0.1, -0.05) is 11.6 Å². The number of halogens is 1. The van der Waals surface area contributed by atoms with Crippen LogP contribution in [-0.2, 0) is 13.1 Å². The highest BCUT2D eigenvalue weighted by Gasteiger charge is 2.01. The fraction of sp³-hybridized carbons (Fsp3) is 0.250. The molecular formula is C12H14ClN3O. The van der Waals surface area contributed by atoms with Gasteiger partial charge in [0.1, 0.15) is 5.75 Å². The zero-order chi connectivity index (χ0) is 12.3. The van der Waals surface area contributed by atoms with Crippen LogP contribution >= 0.6 is 11.6 Å². The van der Waals surface area contributed by atoms with E-state index in [0.29, 0.717) is 11.6 Å². The second kappa shape index (κ2) is 5.10. The molecule has 0 amide bonds. The van der Waals surface area contributed by atoms with Crippen molar-refractivity contribution in [2.75, 3.05) is 5.32 Å². The Hall–Kier alpha value is -1.68. The number of nitrogens with one attached hydrogen (secondary N) is 1. The second-order valence-corrected chi connectivity index (χ2v) is 4.13. The summed E-state index contributed by atoms with van der Waals surface area (Å²) in [6, 6.07) is 5.05. The summed E-state index contributed by atoms with van der Waals surface area (Å²) in [5, 5.41) is 17.0. The van der Waals surface area contributed by atoms with Gasteiger partial charge in [0, 0.05) is 30.5 Å². The zero-order valence-corrected chi connectivity index (χ0v) is 10.3. The number of benzene rings is 1. The maximum absolute atomic E-state index is 9.29. The summed E-state index contributed by atoms with van der Waals surface area (Å²) >= 11 is 5.82. The van der Waals surface area contributed by atoms with Crippen LogP contribution in [0.5, 0.6) is 5.75 Å². The molecule has 0 spiro atoms. The standard InChI is InChI=1S/C12H14ClN3O/c1-2-16-8-9(7-15-16)6-14-10-3-4-12(17)11(13)5-10/h3-5,7-8,14,17H,2,6H2,1H3. The minimum absolute atomic E-state index is 0.0935. The Labute approximate surface area is 105 Å². The van der Waals surface area contributed by atoms with E-state index in [-0.39, 0.29) is 5.75 Å². The smallest absolute Gasteiger partial charge is 0.134 e. The van der Waals surface area contributed by atoms with Crippen molar-refractivity contribution in [2.45, 2.75) is 20.0 Å². The molecule has 0 aliphatic rings. The minimum Gasteiger partial charge on any atom is -0.506 e. The van der Waals surface area contributed by atoms with Crippen LogP contribution in [0.2, 0.25) is 5.02 Å². The van der Waals surface area contributed by atoms with Gasteiger partial charge in [0.25, 0.3) is 0 Å². The molecule has 0 saturated carbocycles. The number of aromatic hydroxyl groups is 1. The van der Waals surface area contributed by atoms with Crippen molar-refractivity contribution in [2.24, 2.45) is 0 Å². The Kier molecular flexibility index (Phi) is 3.54.